The lowest BCUT2D eigenvalue weighted by molar-refractivity contribution is -0.111. The van der Waals surface area contributed by atoms with Crippen LogP contribution in [0.2, 0.25) is 0 Å². The van der Waals surface area contributed by atoms with E-state index in [2.05, 4.69) is 0 Å². The zero-order valence-electron chi connectivity index (χ0n) is 9.86. The molecule has 1 atom stereocenters. The van der Waals surface area contributed by atoms with Crippen LogP contribution in [-0.4, -0.2) is 13.7 Å². The summed E-state index contributed by atoms with van der Waals surface area (Å²) >= 11 is 5.49. The average Bonchev–Trinajstić information content (AvgIpc) is 2.40. The van der Waals surface area contributed by atoms with Crippen molar-refractivity contribution in [3.8, 4) is 0 Å². The molecule has 3 nitrogen and oxygen atoms in total. The number of hydrogen-bond donors (Lipinski definition) is 0. The van der Waals surface area contributed by atoms with Crippen molar-refractivity contribution < 1.29 is 13.2 Å². The summed E-state index contributed by atoms with van der Waals surface area (Å²) in [6.07, 6.45) is 0. The minimum absolute atomic E-state index is 0.0813. The van der Waals surface area contributed by atoms with E-state index in [4.69, 9.17) is 11.6 Å². The van der Waals surface area contributed by atoms with Gasteiger partial charge in [0.1, 0.15) is 0 Å². The molecular weight excluding hydrogens is 284 g/mol. The molecule has 0 spiro atoms. The van der Waals surface area contributed by atoms with Gasteiger partial charge in [-0.3, -0.25) is 4.79 Å². The van der Waals surface area contributed by atoms with Crippen molar-refractivity contribution in [2.75, 3.05) is 0 Å². The highest BCUT2D eigenvalue weighted by Gasteiger charge is 2.34. The lowest BCUT2D eigenvalue weighted by atomic mass is 10.2. The topological polar surface area (TPSA) is 51.2 Å². The number of hydrogen-bond acceptors (Lipinski definition) is 3. The molecule has 0 heterocycles. The van der Waals surface area contributed by atoms with Gasteiger partial charge in [0.15, 0.2) is 15.1 Å². The maximum atomic E-state index is 12.5. The molecule has 0 aliphatic rings. The molecule has 0 saturated carbocycles. The summed E-state index contributed by atoms with van der Waals surface area (Å²) in [6, 6.07) is 16.0. The second-order valence-corrected chi connectivity index (χ2v) is 6.36. The Hall–Kier alpha value is -1.65. The summed E-state index contributed by atoms with van der Waals surface area (Å²) in [4.78, 5) is 11.6. The van der Waals surface area contributed by atoms with Crippen molar-refractivity contribution in [1.29, 1.82) is 0 Å². The van der Waals surface area contributed by atoms with Crippen LogP contribution in [0.1, 0.15) is 10.8 Å². The van der Waals surface area contributed by atoms with Crippen LogP contribution in [0.15, 0.2) is 65.6 Å². The highest BCUT2D eigenvalue weighted by atomic mass is 35.5. The minimum atomic E-state index is -3.83. The third kappa shape index (κ3) is 2.85. The molecule has 98 valence electrons. The zero-order chi connectivity index (χ0) is 13.9. The van der Waals surface area contributed by atoms with E-state index >= 15 is 0 Å². The molecule has 0 aliphatic heterocycles. The number of halogens is 1. The van der Waals surface area contributed by atoms with Crippen LogP contribution in [0.25, 0.3) is 0 Å². The van der Waals surface area contributed by atoms with Gasteiger partial charge in [0.25, 0.3) is 0 Å². The molecule has 5 heteroatoms. The smallest absolute Gasteiger partial charge is 0.244 e. The number of carbonyl (C=O) groups excluding carboxylic acids is 1. The van der Waals surface area contributed by atoms with E-state index in [1.165, 1.54) is 12.1 Å². The maximum Gasteiger partial charge on any atom is 0.244 e. The Kier molecular flexibility index (Phi) is 4.02. The SMILES string of the molecule is O=C(Cl)C(c1ccccc1)S(=O)(=O)c1ccccc1. The van der Waals surface area contributed by atoms with E-state index in [0.717, 1.165) is 0 Å². The monoisotopic (exact) mass is 294 g/mol. The average molecular weight is 295 g/mol. The van der Waals surface area contributed by atoms with Crippen molar-refractivity contribution in [3.63, 3.8) is 0 Å². The molecule has 0 radical (unpaired) electrons. The van der Waals surface area contributed by atoms with E-state index in [9.17, 15) is 13.2 Å². The lowest BCUT2D eigenvalue weighted by Gasteiger charge is -2.14. The fourth-order valence-electron chi connectivity index (χ4n) is 1.81. The van der Waals surface area contributed by atoms with Gasteiger partial charge >= 0.3 is 0 Å². The Balaban J connectivity index is 2.55. The van der Waals surface area contributed by atoms with Gasteiger partial charge in [-0.15, -0.1) is 0 Å². The number of benzene rings is 2. The molecule has 2 aromatic carbocycles. The molecule has 0 aliphatic carbocycles. The Morgan fingerprint density at radius 2 is 1.37 bits per heavy atom. The maximum absolute atomic E-state index is 12.5. The van der Waals surface area contributed by atoms with Crippen LogP contribution >= 0.6 is 11.6 Å². The highest BCUT2D eigenvalue weighted by molar-refractivity contribution is 7.92. The Labute approximate surface area is 116 Å². The second-order valence-electron chi connectivity index (χ2n) is 3.95. The molecule has 0 amide bonds. The first-order valence-corrected chi connectivity index (χ1v) is 7.49. The fraction of sp³-hybridized carbons (Fsp3) is 0.0714. The summed E-state index contributed by atoms with van der Waals surface area (Å²) < 4.78 is 24.9. The van der Waals surface area contributed by atoms with E-state index in [1.807, 2.05) is 0 Å². The van der Waals surface area contributed by atoms with Crippen molar-refractivity contribution in [2.45, 2.75) is 10.1 Å². The second kappa shape index (κ2) is 5.55. The number of carbonyl (C=O) groups is 1. The van der Waals surface area contributed by atoms with Crippen molar-refractivity contribution in [2.24, 2.45) is 0 Å². The fourth-order valence-corrected chi connectivity index (χ4v) is 3.85. The summed E-state index contributed by atoms with van der Waals surface area (Å²) in [6.45, 7) is 0. The van der Waals surface area contributed by atoms with Crippen molar-refractivity contribution >= 4 is 26.7 Å². The highest BCUT2D eigenvalue weighted by Crippen LogP contribution is 2.30. The van der Waals surface area contributed by atoms with Gasteiger partial charge in [-0.1, -0.05) is 48.5 Å². The predicted octanol–water partition coefficient (Wildman–Crippen LogP) is 2.97. The Morgan fingerprint density at radius 3 is 1.84 bits per heavy atom. The van der Waals surface area contributed by atoms with E-state index in [1.54, 1.807) is 48.5 Å². The Morgan fingerprint density at radius 1 is 0.895 bits per heavy atom. The quantitative estimate of drug-likeness (QED) is 0.815. The molecule has 0 fully saturated rings. The van der Waals surface area contributed by atoms with Gasteiger partial charge in [0.05, 0.1) is 4.90 Å². The van der Waals surface area contributed by atoms with Crippen LogP contribution in [0, 0.1) is 0 Å². The molecule has 19 heavy (non-hydrogen) atoms. The largest absolute Gasteiger partial charge is 0.279 e. The number of rotatable bonds is 4. The minimum Gasteiger partial charge on any atom is -0.279 e. The van der Waals surface area contributed by atoms with Gasteiger partial charge in [-0.2, -0.15) is 0 Å². The molecule has 1 unspecified atom stereocenters. The summed E-state index contributed by atoms with van der Waals surface area (Å²) in [5.74, 6) is 0. The van der Waals surface area contributed by atoms with Crippen LogP contribution in [0.5, 0.6) is 0 Å². The standard InChI is InChI=1S/C14H11ClO3S/c15-14(16)13(11-7-3-1-4-8-11)19(17,18)12-9-5-2-6-10-12/h1-10,13H. The summed E-state index contributed by atoms with van der Waals surface area (Å²) in [7, 11) is -3.83. The molecule has 2 aromatic rings. The van der Waals surface area contributed by atoms with Crippen molar-refractivity contribution in [3.05, 3.63) is 66.2 Å². The van der Waals surface area contributed by atoms with E-state index < -0.39 is 20.3 Å². The molecule has 0 saturated heterocycles. The normalized spacial score (nSPS) is 12.9. The number of sulfone groups is 1. The van der Waals surface area contributed by atoms with Crippen LogP contribution in [-0.2, 0) is 14.6 Å². The van der Waals surface area contributed by atoms with E-state index in [-0.39, 0.29) is 4.90 Å². The molecule has 0 bridgehead atoms. The third-order valence-electron chi connectivity index (χ3n) is 2.69. The van der Waals surface area contributed by atoms with Crippen LogP contribution in [0.3, 0.4) is 0 Å². The van der Waals surface area contributed by atoms with Gasteiger partial charge in [-0.25, -0.2) is 8.42 Å². The van der Waals surface area contributed by atoms with Gasteiger partial charge in [-0.05, 0) is 29.3 Å². The zero-order valence-corrected chi connectivity index (χ0v) is 11.4. The summed E-state index contributed by atoms with van der Waals surface area (Å²) in [5, 5.41) is -2.28. The van der Waals surface area contributed by atoms with Gasteiger partial charge in [0, 0.05) is 0 Å². The van der Waals surface area contributed by atoms with Gasteiger partial charge < -0.3 is 0 Å². The molecule has 0 aromatic heterocycles. The first-order chi connectivity index (χ1) is 9.03. The van der Waals surface area contributed by atoms with Gasteiger partial charge in [0.2, 0.25) is 5.24 Å². The lowest BCUT2D eigenvalue weighted by Crippen LogP contribution is -2.19. The first-order valence-electron chi connectivity index (χ1n) is 5.56. The van der Waals surface area contributed by atoms with E-state index in [0.29, 0.717) is 5.56 Å². The predicted molar refractivity (Wildman–Crippen MR) is 73.7 cm³/mol. The molecule has 2 rings (SSSR count). The molecule has 0 N–H and O–H groups in total. The molecular formula is C14H11ClO3S. The van der Waals surface area contributed by atoms with Crippen LogP contribution < -0.4 is 0 Å². The summed E-state index contributed by atoms with van der Waals surface area (Å²) in [5.41, 5.74) is 0.367. The Bertz CT molecular complexity index is 666. The third-order valence-corrected chi connectivity index (χ3v) is 5.07. The first kappa shape index (κ1) is 13.8. The van der Waals surface area contributed by atoms with Crippen LogP contribution in [0.4, 0.5) is 0 Å². The van der Waals surface area contributed by atoms with Crippen molar-refractivity contribution in [1.82, 2.24) is 0 Å².